The summed E-state index contributed by atoms with van der Waals surface area (Å²) < 4.78 is 65.2. The van der Waals surface area contributed by atoms with Crippen molar-refractivity contribution in [3.05, 3.63) is 35.4 Å². The van der Waals surface area contributed by atoms with Crippen LogP contribution in [0.4, 0.5) is 20.2 Å². The van der Waals surface area contributed by atoms with Gasteiger partial charge in [0.25, 0.3) is 11.8 Å². The number of halogens is 2. The number of amides is 2. The molecule has 4 heterocycles. The normalized spacial score (nSPS) is 24.3. The first-order chi connectivity index (χ1) is 22.6. The van der Waals surface area contributed by atoms with Gasteiger partial charge >= 0.3 is 0 Å². The van der Waals surface area contributed by atoms with Gasteiger partial charge in [-0.25, -0.2) is 8.78 Å². The molecule has 3 unspecified atom stereocenters. The fourth-order valence-corrected chi connectivity index (χ4v) is 9.17. The second kappa shape index (κ2) is 13.7. The number of benzene rings is 2. The third-order valence-corrected chi connectivity index (χ3v) is 12.5. The molecule has 0 aliphatic carbocycles. The lowest BCUT2D eigenvalue weighted by molar-refractivity contribution is 0.0740. The maximum atomic E-state index is 14.0. The molecule has 2 saturated heterocycles. The number of hydrogen-bond acceptors (Lipinski definition) is 9. The SMILES string of the molecule is CCCP(=O)(CCOc1cc2c(cc1OC)C(=O)N1CC(F)C[C@H]1C=N2)CCOc1cc2c(cc1OC)C(=O)N1CC(F)C[C@H]1CN2. The Labute approximate surface area is 272 Å². The van der Waals surface area contributed by atoms with Crippen molar-refractivity contribution in [2.75, 3.05) is 70.9 Å². The Morgan fingerprint density at radius 1 is 0.851 bits per heavy atom. The zero-order valence-electron chi connectivity index (χ0n) is 26.9. The Hall–Kier alpha value is -3.86. The third kappa shape index (κ3) is 6.77. The van der Waals surface area contributed by atoms with E-state index in [1.54, 1.807) is 35.4 Å². The summed E-state index contributed by atoms with van der Waals surface area (Å²) in [4.78, 5) is 33.9. The van der Waals surface area contributed by atoms with Crippen molar-refractivity contribution in [1.29, 1.82) is 0 Å². The zero-order valence-corrected chi connectivity index (χ0v) is 27.8. The lowest BCUT2D eigenvalue weighted by atomic mass is 10.1. The molecule has 254 valence electrons. The summed E-state index contributed by atoms with van der Waals surface area (Å²) in [5, 5.41) is 3.26. The van der Waals surface area contributed by atoms with Crippen molar-refractivity contribution in [3.63, 3.8) is 0 Å². The molecule has 0 aromatic heterocycles. The monoisotopic (exact) mass is 674 g/mol. The Morgan fingerprint density at radius 2 is 1.47 bits per heavy atom. The molecule has 2 aromatic carbocycles. The molecule has 4 aliphatic heterocycles. The Kier molecular flexibility index (Phi) is 9.64. The van der Waals surface area contributed by atoms with Gasteiger partial charge in [-0.2, -0.15) is 0 Å². The summed E-state index contributed by atoms with van der Waals surface area (Å²) in [5.41, 5.74) is 1.72. The fourth-order valence-electron chi connectivity index (χ4n) is 6.83. The van der Waals surface area contributed by atoms with Gasteiger partial charge in [0.05, 0.1) is 82.3 Å². The molecular formula is C33H41F2N4O7P. The van der Waals surface area contributed by atoms with Crippen molar-refractivity contribution in [2.45, 2.75) is 50.6 Å². The maximum Gasteiger partial charge on any atom is 0.256 e. The average molecular weight is 675 g/mol. The molecule has 4 aliphatic rings. The summed E-state index contributed by atoms with van der Waals surface area (Å²) in [7, 11) is 0.230. The quantitative estimate of drug-likeness (QED) is 0.306. The van der Waals surface area contributed by atoms with Crippen LogP contribution < -0.4 is 24.3 Å². The highest BCUT2D eigenvalue weighted by Crippen LogP contribution is 2.47. The smallest absolute Gasteiger partial charge is 0.256 e. The van der Waals surface area contributed by atoms with Crippen LogP contribution in [0.5, 0.6) is 23.0 Å². The third-order valence-electron chi connectivity index (χ3n) is 9.28. The van der Waals surface area contributed by atoms with Crippen LogP contribution in [-0.2, 0) is 4.57 Å². The molecule has 2 fully saturated rings. The fraction of sp³-hybridized carbons (Fsp3) is 0.545. The predicted octanol–water partition coefficient (Wildman–Crippen LogP) is 5.18. The Morgan fingerprint density at radius 3 is 2.15 bits per heavy atom. The molecule has 2 amide bonds. The Balaban J connectivity index is 1.10. The number of carbonyl (C=O) groups excluding carboxylic acids is 2. The summed E-state index contributed by atoms with van der Waals surface area (Å²) in [5.74, 6) is 0.950. The average Bonchev–Trinajstić information content (AvgIpc) is 3.56. The number of alkyl halides is 2. The molecule has 0 saturated carbocycles. The van der Waals surface area contributed by atoms with Crippen LogP contribution in [0.1, 0.15) is 46.9 Å². The Bertz CT molecular complexity index is 1610. The van der Waals surface area contributed by atoms with Crippen LogP contribution in [0.25, 0.3) is 0 Å². The number of methoxy groups -OCH3 is 2. The van der Waals surface area contributed by atoms with Gasteiger partial charge in [0, 0.05) is 56.2 Å². The number of anilines is 1. The number of aliphatic imine (C=N–C) groups is 1. The summed E-state index contributed by atoms with van der Waals surface area (Å²) in [6.07, 6.45) is 1.85. The van der Waals surface area contributed by atoms with Crippen molar-refractivity contribution in [1.82, 2.24) is 9.80 Å². The highest BCUT2D eigenvalue weighted by molar-refractivity contribution is 7.63. The second-order valence-corrected chi connectivity index (χ2v) is 15.9. The number of carbonyl (C=O) groups is 2. The predicted molar refractivity (Wildman–Crippen MR) is 175 cm³/mol. The van der Waals surface area contributed by atoms with Gasteiger partial charge in [0.15, 0.2) is 23.0 Å². The minimum Gasteiger partial charge on any atom is -0.493 e. The first-order valence-electron chi connectivity index (χ1n) is 16.1. The number of nitrogens with one attached hydrogen (secondary N) is 1. The largest absolute Gasteiger partial charge is 0.493 e. The molecular weight excluding hydrogens is 633 g/mol. The summed E-state index contributed by atoms with van der Waals surface area (Å²) in [6, 6.07) is 5.92. The number of hydrogen-bond donors (Lipinski definition) is 1. The van der Waals surface area contributed by atoms with E-state index in [0.717, 1.165) is 6.42 Å². The molecule has 6 rings (SSSR count). The lowest BCUT2D eigenvalue weighted by Gasteiger charge is -2.21. The van der Waals surface area contributed by atoms with Crippen LogP contribution in [0.15, 0.2) is 29.3 Å². The van der Waals surface area contributed by atoms with E-state index in [4.69, 9.17) is 18.9 Å². The maximum absolute atomic E-state index is 14.0. The van der Waals surface area contributed by atoms with E-state index in [0.29, 0.717) is 77.0 Å². The van der Waals surface area contributed by atoms with Gasteiger partial charge in [0.2, 0.25) is 0 Å². The highest BCUT2D eigenvalue weighted by Gasteiger charge is 2.39. The van der Waals surface area contributed by atoms with Crippen molar-refractivity contribution in [3.8, 4) is 23.0 Å². The van der Waals surface area contributed by atoms with E-state index in [9.17, 15) is 22.9 Å². The van der Waals surface area contributed by atoms with Crippen LogP contribution in [-0.4, -0.2) is 118 Å². The van der Waals surface area contributed by atoms with Gasteiger partial charge in [0.1, 0.15) is 12.3 Å². The molecule has 5 atom stereocenters. The van der Waals surface area contributed by atoms with Gasteiger partial charge in [-0.3, -0.25) is 14.6 Å². The molecule has 0 spiro atoms. The topological polar surface area (TPSA) is 119 Å². The molecule has 0 bridgehead atoms. The van der Waals surface area contributed by atoms with Crippen molar-refractivity contribution >= 4 is 36.5 Å². The molecule has 14 heteroatoms. The van der Waals surface area contributed by atoms with E-state index in [1.165, 1.54) is 19.1 Å². The van der Waals surface area contributed by atoms with Gasteiger partial charge in [-0.05, 0) is 18.6 Å². The van der Waals surface area contributed by atoms with E-state index in [-0.39, 0.29) is 50.6 Å². The van der Waals surface area contributed by atoms with Gasteiger partial charge < -0.3 is 38.6 Å². The van der Waals surface area contributed by atoms with E-state index in [2.05, 4.69) is 10.3 Å². The standard InChI is InChI=1S/C33H41F2N4O7P/c1-4-7-47(42,8-5-45-30-14-26-24(12-28(30)43-2)32(40)38-18-20(34)10-22(38)16-36-26)9-6-46-31-15-27-25(13-29(31)44-3)33(41)39-19-21(35)11-23(39)17-37-27/h12-16,20-23,37H,4-11,17-19H2,1-3H3/t20?,21?,22-,23-,47?/m0/s1. The van der Waals surface area contributed by atoms with Gasteiger partial charge in [-0.1, -0.05) is 6.92 Å². The number of nitrogens with zero attached hydrogens (tertiary/aromatic N) is 3. The second-order valence-electron chi connectivity index (χ2n) is 12.5. The van der Waals surface area contributed by atoms with Gasteiger partial charge in [-0.15, -0.1) is 0 Å². The molecule has 0 radical (unpaired) electrons. The zero-order chi connectivity index (χ0) is 33.3. The minimum atomic E-state index is -2.73. The molecule has 1 N–H and O–H groups in total. The van der Waals surface area contributed by atoms with Crippen LogP contribution >= 0.6 is 7.14 Å². The molecule has 47 heavy (non-hydrogen) atoms. The van der Waals surface area contributed by atoms with E-state index < -0.39 is 25.5 Å². The first kappa shape index (κ1) is 33.1. The van der Waals surface area contributed by atoms with E-state index >= 15 is 0 Å². The number of ether oxygens (including phenoxy) is 4. The first-order valence-corrected chi connectivity index (χ1v) is 18.3. The highest BCUT2D eigenvalue weighted by atomic mass is 31.2. The summed E-state index contributed by atoms with van der Waals surface area (Å²) >= 11 is 0. The van der Waals surface area contributed by atoms with Crippen LogP contribution in [0.3, 0.4) is 0 Å². The van der Waals surface area contributed by atoms with Crippen LogP contribution in [0.2, 0.25) is 0 Å². The number of fused-ring (bicyclic) bond motifs is 4. The number of rotatable bonds is 12. The van der Waals surface area contributed by atoms with Crippen molar-refractivity contribution in [2.24, 2.45) is 4.99 Å². The minimum absolute atomic E-state index is 0.0306. The molecule has 2 aromatic rings. The summed E-state index contributed by atoms with van der Waals surface area (Å²) in [6.45, 7) is 2.83. The van der Waals surface area contributed by atoms with Crippen LogP contribution in [0, 0.1) is 0 Å². The molecule has 11 nitrogen and oxygen atoms in total. The van der Waals surface area contributed by atoms with E-state index in [1.807, 2.05) is 6.92 Å². The van der Waals surface area contributed by atoms with Crippen molar-refractivity contribution < 1.29 is 41.9 Å². The lowest BCUT2D eigenvalue weighted by Crippen LogP contribution is -2.37.